The number of fused-ring (bicyclic) bond motifs is 1. The minimum atomic E-state index is 0.682. The molecule has 0 fully saturated rings. The molecule has 0 bridgehead atoms. The summed E-state index contributed by atoms with van der Waals surface area (Å²) in [6.07, 6.45) is 0.682. The first-order valence-corrected chi connectivity index (χ1v) is 7.96. The molecule has 21 heavy (non-hydrogen) atoms. The van der Waals surface area contributed by atoms with E-state index in [1.165, 1.54) is 10.4 Å². The summed E-state index contributed by atoms with van der Waals surface area (Å²) in [7, 11) is 1.90. The number of anilines is 1. The van der Waals surface area contributed by atoms with Crippen LogP contribution >= 0.6 is 22.9 Å². The van der Waals surface area contributed by atoms with Crippen molar-refractivity contribution in [3.05, 3.63) is 51.1 Å². The SMILES string of the molecule is CNc1nc(Cc2cccc(Cl)c2)nc2sc(C)c(C)c12. The van der Waals surface area contributed by atoms with E-state index in [9.17, 15) is 0 Å². The summed E-state index contributed by atoms with van der Waals surface area (Å²) in [5, 5.41) is 5.07. The van der Waals surface area contributed by atoms with Crippen LogP contribution in [0.4, 0.5) is 5.82 Å². The molecule has 3 nitrogen and oxygen atoms in total. The van der Waals surface area contributed by atoms with Gasteiger partial charge in [-0.05, 0) is 37.1 Å². The van der Waals surface area contributed by atoms with Crippen LogP contribution in [0.5, 0.6) is 0 Å². The van der Waals surface area contributed by atoms with Crippen molar-refractivity contribution in [3.8, 4) is 0 Å². The molecule has 0 unspecified atom stereocenters. The van der Waals surface area contributed by atoms with E-state index in [4.69, 9.17) is 16.6 Å². The first kappa shape index (κ1) is 14.3. The maximum atomic E-state index is 6.04. The van der Waals surface area contributed by atoms with E-state index in [1.54, 1.807) is 11.3 Å². The number of aryl methyl sites for hydroxylation is 2. The molecule has 2 heterocycles. The molecule has 0 saturated carbocycles. The van der Waals surface area contributed by atoms with Gasteiger partial charge in [0, 0.05) is 23.4 Å². The molecule has 0 aliphatic heterocycles. The topological polar surface area (TPSA) is 37.8 Å². The minimum Gasteiger partial charge on any atom is -0.372 e. The Bertz CT molecular complexity index is 811. The van der Waals surface area contributed by atoms with E-state index in [-0.39, 0.29) is 0 Å². The molecular formula is C16H16ClN3S. The van der Waals surface area contributed by atoms with E-state index < -0.39 is 0 Å². The van der Waals surface area contributed by atoms with Crippen molar-refractivity contribution in [2.75, 3.05) is 12.4 Å². The lowest BCUT2D eigenvalue weighted by molar-refractivity contribution is 0.997. The van der Waals surface area contributed by atoms with Crippen LogP contribution in [0, 0.1) is 13.8 Å². The van der Waals surface area contributed by atoms with Crippen molar-refractivity contribution in [3.63, 3.8) is 0 Å². The fourth-order valence-electron chi connectivity index (χ4n) is 2.38. The lowest BCUT2D eigenvalue weighted by Gasteiger charge is -2.07. The van der Waals surface area contributed by atoms with E-state index in [1.807, 2.05) is 31.3 Å². The van der Waals surface area contributed by atoms with Crippen molar-refractivity contribution >= 4 is 39.0 Å². The van der Waals surface area contributed by atoms with Gasteiger partial charge in [-0.2, -0.15) is 0 Å². The number of benzene rings is 1. The van der Waals surface area contributed by atoms with E-state index in [2.05, 4.69) is 24.1 Å². The minimum absolute atomic E-state index is 0.682. The Morgan fingerprint density at radius 3 is 2.76 bits per heavy atom. The van der Waals surface area contributed by atoms with E-state index in [0.29, 0.717) is 6.42 Å². The molecular weight excluding hydrogens is 302 g/mol. The van der Waals surface area contributed by atoms with Crippen molar-refractivity contribution in [2.45, 2.75) is 20.3 Å². The lowest BCUT2D eigenvalue weighted by Crippen LogP contribution is -2.01. The standard InChI is InChI=1S/C16H16ClN3S/c1-9-10(2)21-16-14(9)15(18-3)19-13(20-16)8-11-5-4-6-12(17)7-11/h4-7H,8H2,1-3H3,(H,18,19,20). The number of rotatable bonds is 3. The third-order valence-electron chi connectivity index (χ3n) is 3.56. The van der Waals surface area contributed by atoms with Crippen LogP contribution in [0.3, 0.4) is 0 Å². The fourth-order valence-corrected chi connectivity index (χ4v) is 3.64. The molecule has 5 heteroatoms. The average Bonchev–Trinajstić information content (AvgIpc) is 2.73. The first-order valence-electron chi connectivity index (χ1n) is 6.77. The fraction of sp³-hybridized carbons (Fsp3) is 0.250. The summed E-state index contributed by atoms with van der Waals surface area (Å²) in [5.74, 6) is 1.72. The number of nitrogens with one attached hydrogen (secondary N) is 1. The molecule has 0 amide bonds. The van der Waals surface area contributed by atoms with Crippen LogP contribution in [0.2, 0.25) is 5.02 Å². The highest BCUT2D eigenvalue weighted by Gasteiger charge is 2.14. The van der Waals surface area contributed by atoms with Gasteiger partial charge in [-0.1, -0.05) is 23.7 Å². The molecule has 1 N–H and O–H groups in total. The highest BCUT2D eigenvalue weighted by molar-refractivity contribution is 7.18. The zero-order valence-corrected chi connectivity index (χ0v) is 13.8. The lowest BCUT2D eigenvalue weighted by atomic mass is 10.1. The molecule has 2 aromatic heterocycles. The molecule has 0 aliphatic carbocycles. The molecule has 0 spiro atoms. The second kappa shape index (κ2) is 5.62. The van der Waals surface area contributed by atoms with Gasteiger partial charge >= 0.3 is 0 Å². The van der Waals surface area contributed by atoms with Crippen molar-refractivity contribution in [1.82, 2.24) is 9.97 Å². The normalized spacial score (nSPS) is 11.0. The van der Waals surface area contributed by atoms with Gasteiger partial charge in [-0.3, -0.25) is 0 Å². The smallest absolute Gasteiger partial charge is 0.138 e. The Balaban J connectivity index is 2.07. The van der Waals surface area contributed by atoms with Crippen LogP contribution in [-0.2, 0) is 6.42 Å². The molecule has 0 saturated heterocycles. The maximum absolute atomic E-state index is 6.04. The van der Waals surface area contributed by atoms with Crippen LogP contribution in [-0.4, -0.2) is 17.0 Å². The quantitative estimate of drug-likeness (QED) is 0.767. The van der Waals surface area contributed by atoms with Crippen molar-refractivity contribution in [2.24, 2.45) is 0 Å². The Morgan fingerprint density at radius 2 is 2.05 bits per heavy atom. The molecule has 0 aliphatic rings. The first-order chi connectivity index (χ1) is 10.1. The Hall–Kier alpha value is -1.65. The Kier molecular flexibility index (Phi) is 3.83. The van der Waals surface area contributed by atoms with Gasteiger partial charge in [0.05, 0.1) is 5.39 Å². The van der Waals surface area contributed by atoms with Crippen molar-refractivity contribution < 1.29 is 0 Å². The van der Waals surface area contributed by atoms with Crippen LogP contribution in [0.1, 0.15) is 21.8 Å². The zero-order chi connectivity index (χ0) is 15.0. The number of hydrogen-bond acceptors (Lipinski definition) is 4. The van der Waals surface area contributed by atoms with Crippen molar-refractivity contribution in [1.29, 1.82) is 0 Å². The summed E-state index contributed by atoms with van der Waals surface area (Å²) >= 11 is 7.76. The molecule has 0 radical (unpaired) electrons. The number of aromatic nitrogens is 2. The van der Waals surface area contributed by atoms with Gasteiger partial charge in [-0.25, -0.2) is 9.97 Å². The van der Waals surface area contributed by atoms with Crippen LogP contribution < -0.4 is 5.32 Å². The largest absolute Gasteiger partial charge is 0.372 e. The summed E-state index contributed by atoms with van der Waals surface area (Å²) in [4.78, 5) is 11.7. The summed E-state index contributed by atoms with van der Waals surface area (Å²) in [6.45, 7) is 4.24. The molecule has 0 atom stereocenters. The zero-order valence-electron chi connectivity index (χ0n) is 12.2. The monoisotopic (exact) mass is 317 g/mol. The highest BCUT2D eigenvalue weighted by Crippen LogP contribution is 2.33. The third-order valence-corrected chi connectivity index (χ3v) is 4.90. The summed E-state index contributed by atoms with van der Waals surface area (Å²) < 4.78 is 0. The number of nitrogens with zero attached hydrogens (tertiary/aromatic N) is 2. The Morgan fingerprint density at radius 1 is 1.24 bits per heavy atom. The van der Waals surface area contributed by atoms with Gasteiger partial charge in [0.25, 0.3) is 0 Å². The second-order valence-electron chi connectivity index (χ2n) is 5.01. The van der Waals surface area contributed by atoms with E-state index >= 15 is 0 Å². The van der Waals surface area contributed by atoms with Crippen LogP contribution in [0.15, 0.2) is 24.3 Å². The second-order valence-corrected chi connectivity index (χ2v) is 6.65. The van der Waals surface area contributed by atoms with Crippen LogP contribution in [0.25, 0.3) is 10.2 Å². The maximum Gasteiger partial charge on any atom is 0.138 e. The predicted molar refractivity (Wildman–Crippen MR) is 90.7 cm³/mol. The van der Waals surface area contributed by atoms with Gasteiger partial charge in [0.1, 0.15) is 16.5 Å². The number of hydrogen-bond donors (Lipinski definition) is 1. The predicted octanol–water partition coefficient (Wildman–Crippen LogP) is 4.59. The molecule has 108 valence electrons. The molecule has 1 aromatic carbocycles. The van der Waals surface area contributed by atoms with Gasteiger partial charge in [0.2, 0.25) is 0 Å². The molecule has 3 aromatic rings. The Labute approximate surface area is 133 Å². The summed E-state index contributed by atoms with van der Waals surface area (Å²) in [5.41, 5.74) is 2.38. The van der Waals surface area contributed by atoms with Gasteiger partial charge in [0.15, 0.2) is 0 Å². The average molecular weight is 318 g/mol. The molecule has 3 rings (SSSR count). The van der Waals surface area contributed by atoms with Gasteiger partial charge in [-0.15, -0.1) is 11.3 Å². The highest BCUT2D eigenvalue weighted by atomic mass is 35.5. The van der Waals surface area contributed by atoms with Gasteiger partial charge < -0.3 is 5.32 Å². The van der Waals surface area contributed by atoms with E-state index in [0.717, 1.165) is 32.4 Å². The third kappa shape index (κ3) is 2.74. The number of halogens is 1. The summed E-state index contributed by atoms with van der Waals surface area (Å²) in [6, 6.07) is 7.83. The number of thiophene rings is 1.